The lowest BCUT2D eigenvalue weighted by molar-refractivity contribution is -0.144. The highest BCUT2D eigenvalue weighted by molar-refractivity contribution is 8.00. The van der Waals surface area contributed by atoms with Crippen LogP contribution in [-0.2, 0) is 14.3 Å². The summed E-state index contributed by atoms with van der Waals surface area (Å²) in [6.07, 6.45) is 3.93. The highest BCUT2D eigenvalue weighted by atomic mass is 32.2. The number of amides is 1. The van der Waals surface area contributed by atoms with Gasteiger partial charge in [-0.1, -0.05) is 18.2 Å². The summed E-state index contributed by atoms with van der Waals surface area (Å²) >= 11 is 1.37. The smallest absolute Gasteiger partial charge is 0.316 e. The lowest BCUT2D eigenvalue weighted by Crippen LogP contribution is -2.34. The van der Waals surface area contributed by atoms with Crippen LogP contribution in [0.25, 0.3) is 0 Å². The zero-order valence-electron chi connectivity index (χ0n) is 15.3. The quantitative estimate of drug-likeness (QED) is 0.585. The summed E-state index contributed by atoms with van der Waals surface area (Å²) < 4.78 is 17.0. The molecule has 2 aromatic carbocycles. The van der Waals surface area contributed by atoms with Crippen molar-refractivity contribution < 1.29 is 23.8 Å². The van der Waals surface area contributed by atoms with Crippen LogP contribution in [0.5, 0.6) is 11.5 Å². The number of anilines is 1. The third-order valence-electron chi connectivity index (χ3n) is 4.65. The van der Waals surface area contributed by atoms with Crippen molar-refractivity contribution in [3.63, 3.8) is 0 Å². The van der Waals surface area contributed by atoms with Crippen molar-refractivity contribution in [3.8, 4) is 11.5 Å². The van der Waals surface area contributed by atoms with E-state index in [1.54, 1.807) is 18.2 Å². The van der Waals surface area contributed by atoms with E-state index in [0.29, 0.717) is 17.2 Å². The fourth-order valence-electron chi connectivity index (χ4n) is 3.33. The molecule has 0 unspecified atom stereocenters. The van der Waals surface area contributed by atoms with Gasteiger partial charge < -0.3 is 19.5 Å². The van der Waals surface area contributed by atoms with Crippen LogP contribution in [0.4, 0.5) is 5.69 Å². The van der Waals surface area contributed by atoms with E-state index in [4.69, 9.17) is 14.2 Å². The van der Waals surface area contributed by atoms with Gasteiger partial charge in [0, 0.05) is 29.5 Å². The number of ether oxygens (including phenoxy) is 3. The maximum atomic E-state index is 12.1. The van der Waals surface area contributed by atoms with Gasteiger partial charge in [0.1, 0.15) is 0 Å². The van der Waals surface area contributed by atoms with E-state index in [2.05, 4.69) is 5.32 Å². The Labute approximate surface area is 167 Å². The highest BCUT2D eigenvalue weighted by Gasteiger charge is 2.44. The SMILES string of the molecule is O=C(COC(=O)CSc1ccccc1)Nc1ccc2c(c1)OC1(CCCC1)O2. The molecule has 7 heteroatoms. The van der Waals surface area contributed by atoms with Crippen molar-refractivity contribution in [3.05, 3.63) is 48.5 Å². The molecule has 0 radical (unpaired) electrons. The molecule has 146 valence electrons. The number of hydrogen-bond donors (Lipinski definition) is 1. The van der Waals surface area contributed by atoms with Gasteiger partial charge in [0.15, 0.2) is 18.1 Å². The molecule has 0 aromatic heterocycles. The van der Waals surface area contributed by atoms with E-state index >= 15 is 0 Å². The number of fused-ring (bicyclic) bond motifs is 1. The summed E-state index contributed by atoms with van der Waals surface area (Å²) in [5.74, 6) is 0.130. The zero-order chi connectivity index (χ0) is 19.4. The third kappa shape index (κ3) is 4.42. The van der Waals surface area contributed by atoms with Crippen molar-refractivity contribution in [2.75, 3.05) is 17.7 Å². The molecule has 2 aromatic rings. The predicted molar refractivity (Wildman–Crippen MR) is 106 cm³/mol. The molecule has 1 fully saturated rings. The van der Waals surface area contributed by atoms with E-state index in [9.17, 15) is 9.59 Å². The Morgan fingerprint density at radius 2 is 1.79 bits per heavy atom. The minimum atomic E-state index is -0.531. The maximum Gasteiger partial charge on any atom is 0.316 e. The number of rotatable bonds is 6. The molecular formula is C21H21NO5S. The monoisotopic (exact) mass is 399 g/mol. The Hall–Kier alpha value is -2.67. The summed E-state index contributed by atoms with van der Waals surface area (Å²) in [6.45, 7) is -0.327. The van der Waals surface area contributed by atoms with Crippen LogP contribution < -0.4 is 14.8 Å². The fraction of sp³-hybridized carbons (Fsp3) is 0.333. The molecule has 4 rings (SSSR count). The second kappa shape index (κ2) is 8.14. The van der Waals surface area contributed by atoms with Gasteiger partial charge in [-0.3, -0.25) is 9.59 Å². The van der Waals surface area contributed by atoms with E-state index in [0.717, 1.165) is 30.6 Å². The molecular weight excluding hydrogens is 378 g/mol. The van der Waals surface area contributed by atoms with Gasteiger partial charge in [0.2, 0.25) is 0 Å². The molecule has 1 saturated carbocycles. The normalized spacial score (nSPS) is 16.1. The third-order valence-corrected chi connectivity index (χ3v) is 5.63. The zero-order valence-corrected chi connectivity index (χ0v) is 16.1. The van der Waals surface area contributed by atoms with E-state index in [-0.39, 0.29) is 12.4 Å². The van der Waals surface area contributed by atoms with Crippen molar-refractivity contribution in [2.24, 2.45) is 0 Å². The molecule has 0 atom stereocenters. The van der Waals surface area contributed by atoms with Crippen LogP contribution >= 0.6 is 11.8 Å². The average molecular weight is 399 g/mol. The van der Waals surface area contributed by atoms with Crippen LogP contribution in [0.2, 0.25) is 0 Å². The number of carbonyl (C=O) groups is 2. The number of nitrogens with one attached hydrogen (secondary N) is 1. The second-order valence-electron chi connectivity index (χ2n) is 6.79. The lowest BCUT2D eigenvalue weighted by atomic mass is 10.2. The van der Waals surface area contributed by atoms with Crippen molar-refractivity contribution in [2.45, 2.75) is 36.4 Å². The molecule has 0 bridgehead atoms. The summed E-state index contributed by atoms with van der Waals surface area (Å²) in [7, 11) is 0. The first kappa shape index (κ1) is 18.7. The maximum absolute atomic E-state index is 12.1. The number of esters is 1. The largest absolute Gasteiger partial charge is 0.455 e. The Balaban J connectivity index is 1.24. The fourth-order valence-corrected chi connectivity index (χ4v) is 4.05. The molecule has 1 aliphatic heterocycles. The summed E-state index contributed by atoms with van der Waals surface area (Å²) in [4.78, 5) is 24.9. The van der Waals surface area contributed by atoms with Crippen LogP contribution in [0.15, 0.2) is 53.4 Å². The topological polar surface area (TPSA) is 73.9 Å². The standard InChI is InChI=1S/C21H21NO5S/c23-19(13-25-20(24)14-28-16-6-2-1-3-7-16)22-15-8-9-17-18(12-15)27-21(26-17)10-4-5-11-21/h1-3,6-9,12H,4-5,10-11,13-14H2,(H,22,23). The molecule has 1 spiro atoms. The first-order valence-corrected chi connectivity index (χ1v) is 10.3. The van der Waals surface area contributed by atoms with Gasteiger partial charge in [0.25, 0.3) is 11.7 Å². The number of thioether (sulfide) groups is 1. The number of hydrogen-bond acceptors (Lipinski definition) is 6. The van der Waals surface area contributed by atoms with Gasteiger partial charge in [-0.05, 0) is 37.1 Å². The Morgan fingerprint density at radius 3 is 2.57 bits per heavy atom. The highest BCUT2D eigenvalue weighted by Crippen LogP contribution is 2.47. The van der Waals surface area contributed by atoms with Crippen LogP contribution in [0.3, 0.4) is 0 Å². The summed E-state index contributed by atoms with van der Waals surface area (Å²) in [6, 6.07) is 14.8. The van der Waals surface area contributed by atoms with Gasteiger partial charge in [-0.25, -0.2) is 0 Å². The van der Waals surface area contributed by atoms with Crippen LogP contribution in [0, 0.1) is 0 Å². The minimum absolute atomic E-state index is 0.156. The Bertz CT molecular complexity index is 864. The molecule has 1 heterocycles. The Kier molecular flexibility index (Phi) is 5.43. The molecule has 6 nitrogen and oxygen atoms in total. The molecule has 1 aliphatic carbocycles. The van der Waals surface area contributed by atoms with Crippen molar-refractivity contribution >= 4 is 29.3 Å². The van der Waals surface area contributed by atoms with Crippen molar-refractivity contribution in [1.29, 1.82) is 0 Å². The molecule has 2 aliphatic rings. The lowest BCUT2D eigenvalue weighted by Gasteiger charge is -2.21. The predicted octanol–water partition coefficient (Wildman–Crippen LogP) is 4.00. The Morgan fingerprint density at radius 1 is 1.04 bits per heavy atom. The van der Waals surface area contributed by atoms with Gasteiger partial charge in [-0.2, -0.15) is 0 Å². The first-order valence-electron chi connectivity index (χ1n) is 9.27. The number of benzene rings is 2. The molecule has 0 saturated heterocycles. The summed E-state index contributed by atoms with van der Waals surface area (Å²) in [5.41, 5.74) is 0.581. The van der Waals surface area contributed by atoms with Gasteiger partial charge in [0.05, 0.1) is 5.75 Å². The molecule has 28 heavy (non-hydrogen) atoms. The summed E-state index contributed by atoms with van der Waals surface area (Å²) in [5, 5.41) is 2.72. The van der Waals surface area contributed by atoms with Crippen LogP contribution in [0.1, 0.15) is 25.7 Å². The average Bonchev–Trinajstić information content (AvgIpc) is 3.31. The van der Waals surface area contributed by atoms with E-state index in [1.165, 1.54) is 11.8 Å². The molecule has 1 N–H and O–H groups in total. The minimum Gasteiger partial charge on any atom is -0.455 e. The second-order valence-corrected chi connectivity index (χ2v) is 7.84. The molecule has 1 amide bonds. The van der Waals surface area contributed by atoms with Gasteiger partial charge in [-0.15, -0.1) is 11.8 Å². The first-order chi connectivity index (χ1) is 13.6. The van der Waals surface area contributed by atoms with Crippen LogP contribution in [-0.4, -0.2) is 30.0 Å². The number of carbonyl (C=O) groups excluding carboxylic acids is 2. The van der Waals surface area contributed by atoms with Gasteiger partial charge >= 0.3 is 5.97 Å². The van der Waals surface area contributed by atoms with E-state index in [1.807, 2.05) is 30.3 Å². The van der Waals surface area contributed by atoms with Crippen molar-refractivity contribution in [1.82, 2.24) is 0 Å². The van der Waals surface area contributed by atoms with E-state index < -0.39 is 17.7 Å².